The summed E-state index contributed by atoms with van der Waals surface area (Å²) in [6, 6.07) is 0. The number of thiazole rings is 1. The number of nitrogens with two attached hydrogens (primary N) is 1. The van der Waals surface area contributed by atoms with Gasteiger partial charge in [0.15, 0.2) is 0 Å². The average molecular weight is 294 g/mol. The molecule has 0 saturated heterocycles. The van der Waals surface area contributed by atoms with Crippen molar-refractivity contribution in [3.8, 4) is 0 Å². The van der Waals surface area contributed by atoms with E-state index in [1.807, 2.05) is 0 Å². The van der Waals surface area contributed by atoms with Crippen molar-refractivity contribution in [3.63, 3.8) is 0 Å². The molecule has 1 rings (SSSR count). The molecule has 5 nitrogen and oxygen atoms in total. The molecule has 0 fully saturated rings. The van der Waals surface area contributed by atoms with Gasteiger partial charge in [0.25, 0.3) is 5.91 Å². The molecule has 0 spiro atoms. The third kappa shape index (κ3) is 4.89. The van der Waals surface area contributed by atoms with Crippen LogP contribution in [0.2, 0.25) is 0 Å². The van der Waals surface area contributed by atoms with Crippen LogP contribution in [0.5, 0.6) is 0 Å². The van der Waals surface area contributed by atoms with Crippen molar-refractivity contribution >= 4 is 29.7 Å². The molecule has 1 atom stereocenters. The number of halogens is 1. The van der Waals surface area contributed by atoms with E-state index in [2.05, 4.69) is 24.1 Å². The molecule has 7 heteroatoms. The first-order valence-electron chi connectivity index (χ1n) is 5.54. The lowest BCUT2D eigenvalue weighted by Gasteiger charge is -2.19. The monoisotopic (exact) mass is 293 g/mol. The molecule has 0 saturated carbocycles. The number of hydrogen-bond donors (Lipinski definition) is 2. The van der Waals surface area contributed by atoms with Crippen LogP contribution in [0.3, 0.4) is 0 Å². The third-order valence-corrected chi connectivity index (χ3v) is 3.34. The number of methoxy groups -OCH3 is 1. The Bertz CT molecular complexity index is 371. The number of ether oxygens (including phenoxy) is 1. The highest BCUT2D eigenvalue weighted by Gasteiger charge is 2.15. The maximum Gasteiger partial charge on any atom is 0.270 e. The van der Waals surface area contributed by atoms with E-state index in [4.69, 9.17) is 10.5 Å². The molecule has 0 aliphatic rings. The van der Waals surface area contributed by atoms with E-state index in [1.54, 1.807) is 12.5 Å². The summed E-state index contributed by atoms with van der Waals surface area (Å²) in [6.45, 7) is 4.96. The fourth-order valence-electron chi connectivity index (χ4n) is 1.38. The first-order chi connectivity index (χ1) is 8.08. The summed E-state index contributed by atoms with van der Waals surface area (Å²) in [4.78, 5) is 15.9. The Balaban J connectivity index is 0.00000289. The van der Waals surface area contributed by atoms with E-state index in [0.29, 0.717) is 24.7 Å². The highest BCUT2D eigenvalue weighted by Crippen LogP contribution is 2.09. The Labute approximate surface area is 118 Å². The van der Waals surface area contributed by atoms with Crippen LogP contribution < -0.4 is 11.1 Å². The number of nitrogens with one attached hydrogen (secondary N) is 1. The minimum absolute atomic E-state index is 0. The van der Waals surface area contributed by atoms with Crippen molar-refractivity contribution in [2.75, 3.05) is 13.7 Å². The van der Waals surface area contributed by atoms with Gasteiger partial charge in [-0.25, -0.2) is 4.98 Å². The highest BCUT2D eigenvalue weighted by atomic mass is 35.5. The van der Waals surface area contributed by atoms with Crippen LogP contribution in [0.15, 0.2) is 5.38 Å². The molecule has 104 valence electrons. The molecule has 0 aliphatic carbocycles. The van der Waals surface area contributed by atoms with E-state index in [9.17, 15) is 4.79 Å². The Hall–Kier alpha value is -0.690. The van der Waals surface area contributed by atoms with Gasteiger partial charge in [0.05, 0.1) is 6.10 Å². The van der Waals surface area contributed by atoms with Gasteiger partial charge in [0.2, 0.25) is 0 Å². The van der Waals surface area contributed by atoms with Gasteiger partial charge < -0.3 is 15.8 Å². The van der Waals surface area contributed by atoms with E-state index in [-0.39, 0.29) is 24.4 Å². The predicted molar refractivity (Wildman–Crippen MR) is 75.2 cm³/mol. The predicted octanol–water partition coefficient (Wildman–Crippen LogP) is 1.42. The lowest BCUT2D eigenvalue weighted by molar-refractivity contribution is 0.0603. The van der Waals surface area contributed by atoms with Crippen molar-refractivity contribution in [1.29, 1.82) is 0 Å². The van der Waals surface area contributed by atoms with E-state index in [1.165, 1.54) is 11.3 Å². The summed E-state index contributed by atoms with van der Waals surface area (Å²) >= 11 is 1.40. The van der Waals surface area contributed by atoms with Crippen molar-refractivity contribution < 1.29 is 9.53 Å². The van der Waals surface area contributed by atoms with Crippen LogP contribution in [0.4, 0.5) is 0 Å². The maximum absolute atomic E-state index is 11.8. The Morgan fingerprint density at radius 2 is 2.28 bits per heavy atom. The number of carbonyl (C=O) groups excluding carboxylic acids is 1. The van der Waals surface area contributed by atoms with Gasteiger partial charge in [0.1, 0.15) is 10.7 Å². The number of rotatable bonds is 6. The summed E-state index contributed by atoms with van der Waals surface area (Å²) < 4.78 is 5.27. The zero-order chi connectivity index (χ0) is 12.8. The first kappa shape index (κ1) is 17.3. The van der Waals surface area contributed by atoms with Crippen LogP contribution >= 0.6 is 23.7 Å². The Kier molecular flexibility index (Phi) is 8.10. The minimum Gasteiger partial charge on any atom is -0.379 e. The molecule has 1 aromatic heterocycles. The minimum atomic E-state index is -0.177. The molecule has 1 heterocycles. The van der Waals surface area contributed by atoms with Gasteiger partial charge in [-0.1, -0.05) is 13.8 Å². The van der Waals surface area contributed by atoms with Crippen molar-refractivity contribution in [3.05, 3.63) is 16.1 Å². The first-order valence-corrected chi connectivity index (χ1v) is 6.42. The van der Waals surface area contributed by atoms with Crippen molar-refractivity contribution in [1.82, 2.24) is 10.3 Å². The normalized spacial score (nSPS) is 12.1. The number of carbonyl (C=O) groups is 1. The second-order valence-corrected chi connectivity index (χ2v) is 5.00. The highest BCUT2D eigenvalue weighted by molar-refractivity contribution is 7.09. The zero-order valence-electron chi connectivity index (χ0n) is 10.8. The molecule has 3 N–H and O–H groups in total. The number of amides is 1. The molecule has 0 aliphatic heterocycles. The molecule has 0 aromatic carbocycles. The molecule has 1 aromatic rings. The molecule has 18 heavy (non-hydrogen) atoms. The Morgan fingerprint density at radius 1 is 1.61 bits per heavy atom. The summed E-state index contributed by atoms with van der Waals surface area (Å²) in [6.07, 6.45) is 0.0200. The SMILES string of the molecule is COC(CNC(=O)c1csc(CN)n1)C(C)C.Cl. The fraction of sp³-hybridized carbons (Fsp3) is 0.636. The van der Waals surface area contributed by atoms with Gasteiger partial charge in [0, 0.05) is 25.6 Å². The van der Waals surface area contributed by atoms with Gasteiger partial charge in [-0.3, -0.25) is 4.79 Å². The van der Waals surface area contributed by atoms with Crippen LogP contribution in [0.25, 0.3) is 0 Å². The van der Waals surface area contributed by atoms with Gasteiger partial charge in [-0.2, -0.15) is 0 Å². The van der Waals surface area contributed by atoms with Crippen LogP contribution in [-0.4, -0.2) is 30.6 Å². The van der Waals surface area contributed by atoms with E-state index < -0.39 is 0 Å². The number of hydrogen-bond acceptors (Lipinski definition) is 5. The average Bonchev–Trinajstić information content (AvgIpc) is 2.77. The lowest BCUT2D eigenvalue weighted by Crippen LogP contribution is -2.36. The zero-order valence-corrected chi connectivity index (χ0v) is 12.4. The van der Waals surface area contributed by atoms with Gasteiger partial charge in [-0.05, 0) is 5.92 Å². The van der Waals surface area contributed by atoms with Crippen LogP contribution in [0, 0.1) is 5.92 Å². The standard InChI is InChI=1S/C11H19N3O2S.ClH/c1-7(2)9(16-3)5-13-11(15)8-6-17-10(4-12)14-8;/h6-7,9H,4-5,12H2,1-3H3,(H,13,15);1H. The molecular formula is C11H20ClN3O2S. The van der Waals surface area contributed by atoms with Crippen LogP contribution in [-0.2, 0) is 11.3 Å². The topological polar surface area (TPSA) is 77.2 Å². The maximum atomic E-state index is 11.8. The second kappa shape index (κ2) is 8.42. The molecule has 0 bridgehead atoms. The molecule has 1 unspecified atom stereocenters. The second-order valence-electron chi connectivity index (χ2n) is 4.06. The van der Waals surface area contributed by atoms with Crippen molar-refractivity contribution in [2.45, 2.75) is 26.5 Å². The molecule has 1 amide bonds. The van der Waals surface area contributed by atoms with Crippen molar-refractivity contribution in [2.24, 2.45) is 11.7 Å². The van der Waals surface area contributed by atoms with Gasteiger partial charge >= 0.3 is 0 Å². The Morgan fingerprint density at radius 3 is 2.72 bits per heavy atom. The fourth-order valence-corrected chi connectivity index (χ4v) is 2.04. The largest absolute Gasteiger partial charge is 0.379 e. The number of aromatic nitrogens is 1. The van der Waals surface area contributed by atoms with E-state index >= 15 is 0 Å². The lowest BCUT2D eigenvalue weighted by atomic mass is 10.1. The molecule has 0 radical (unpaired) electrons. The molecular weight excluding hydrogens is 274 g/mol. The quantitative estimate of drug-likeness (QED) is 0.832. The third-order valence-electron chi connectivity index (χ3n) is 2.47. The van der Waals surface area contributed by atoms with Gasteiger partial charge in [-0.15, -0.1) is 23.7 Å². The summed E-state index contributed by atoms with van der Waals surface area (Å²) in [5.74, 6) is 0.180. The summed E-state index contributed by atoms with van der Waals surface area (Å²) in [5, 5.41) is 5.29. The smallest absolute Gasteiger partial charge is 0.270 e. The van der Waals surface area contributed by atoms with E-state index in [0.717, 1.165) is 5.01 Å². The number of nitrogens with zero attached hydrogens (tertiary/aromatic N) is 1. The van der Waals surface area contributed by atoms with Crippen LogP contribution in [0.1, 0.15) is 29.3 Å². The summed E-state index contributed by atoms with van der Waals surface area (Å²) in [7, 11) is 1.65. The summed E-state index contributed by atoms with van der Waals surface area (Å²) in [5.41, 5.74) is 5.87.